The molecule has 1 aromatic heterocycles. The molecule has 0 spiro atoms. The second kappa shape index (κ2) is 8.25. The number of nitrogens with two attached hydrogens (primary N) is 1. The number of benzene rings is 2. The Balaban J connectivity index is 1.76. The molecular weight excluding hydrogens is 430 g/mol. The van der Waals surface area contributed by atoms with E-state index in [0.717, 1.165) is 11.1 Å². The molecule has 0 saturated heterocycles. The summed E-state index contributed by atoms with van der Waals surface area (Å²) >= 11 is 0. The van der Waals surface area contributed by atoms with Gasteiger partial charge in [0.25, 0.3) is 5.91 Å². The third-order valence-electron chi connectivity index (χ3n) is 5.38. The number of nitrogens with zero attached hydrogens (tertiary/aromatic N) is 2. The van der Waals surface area contributed by atoms with Gasteiger partial charge >= 0.3 is 0 Å². The van der Waals surface area contributed by atoms with Crippen LogP contribution in [0.3, 0.4) is 0 Å². The fourth-order valence-electron chi connectivity index (χ4n) is 4.04. The van der Waals surface area contributed by atoms with E-state index in [1.54, 1.807) is 46.2 Å². The normalized spacial score (nSPS) is 16.0. The zero-order valence-electron chi connectivity index (χ0n) is 17.7. The van der Waals surface area contributed by atoms with E-state index in [-0.39, 0.29) is 29.4 Å². The molecule has 2 heterocycles. The smallest absolute Gasteiger partial charge is 0.294 e. The molecule has 8 nitrogen and oxygen atoms in total. The number of amides is 2. The standard InChI is InChI=1S/C23H23N3O5S/c1-15-13-25(23(28)22-4-3-11-31-22)21-12-19(9-10-20(21)26(15)16(2)27)18-7-5-17(6-8-18)14-32(24,29)30/h3-12,15H,13-14H2,1-2H3,(H2,24,29,30). The topological polar surface area (TPSA) is 114 Å². The Hall–Kier alpha value is -3.43. The lowest BCUT2D eigenvalue weighted by molar-refractivity contribution is -0.117. The van der Waals surface area contributed by atoms with E-state index in [1.807, 2.05) is 25.1 Å². The summed E-state index contributed by atoms with van der Waals surface area (Å²) in [6.07, 6.45) is 1.45. The van der Waals surface area contributed by atoms with Crippen molar-refractivity contribution < 1.29 is 22.4 Å². The summed E-state index contributed by atoms with van der Waals surface area (Å²) in [7, 11) is -3.62. The van der Waals surface area contributed by atoms with E-state index in [2.05, 4.69) is 0 Å². The SMILES string of the molecule is CC(=O)N1c2ccc(-c3ccc(CS(N)(=O)=O)cc3)cc2N(C(=O)c2ccco2)CC1C. The zero-order chi connectivity index (χ0) is 23.0. The van der Waals surface area contributed by atoms with E-state index >= 15 is 0 Å². The average molecular weight is 454 g/mol. The number of sulfonamides is 1. The van der Waals surface area contributed by atoms with Crippen LogP contribution in [0.5, 0.6) is 0 Å². The van der Waals surface area contributed by atoms with Gasteiger partial charge < -0.3 is 14.2 Å². The van der Waals surface area contributed by atoms with E-state index in [9.17, 15) is 18.0 Å². The van der Waals surface area contributed by atoms with E-state index < -0.39 is 10.0 Å². The predicted octanol–water partition coefficient (Wildman–Crippen LogP) is 3.14. The van der Waals surface area contributed by atoms with Gasteiger partial charge in [-0.2, -0.15) is 0 Å². The minimum absolute atomic E-state index is 0.107. The summed E-state index contributed by atoms with van der Waals surface area (Å²) in [5, 5.41) is 5.12. The highest BCUT2D eigenvalue weighted by Gasteiger charge is 2.35. The molecule has 0 aliphatic carbocycles. The number of fused-ring (bicyclic) bond motifs is 1. The molecule has 2 aromatic carbocycles. The van der Waals surface area contributed by atoms with Crippen LogP contribution in [0.4, 0.5) is 11.4 Å². The van der Waals surface area contributed by atoms with Crippen molar-refractivity contribution in [3.63, 3.8) is 0 Å². The largest absolute Gasteiger partial charge is 0.459 e. The van der Waals surface area contributed by atoms with Crippen molar-refractivity contribution in [3.05, 3.63) is 72.2 Å². The van der Waals surface area contributed by atoms with Gasteiger partial charge in [-0.25, -0.2) is 13.6 Å². The molecule has 4 rings (SSSR count). The first-order valence-electron chi connectivity index (χ1n) is 10.0. The fraction of sp³-hybridized carbons (Fsp3) is 0.217. The maximum atomic E-state index is 13.1. The third-order valence-corrected chi connectivity index (χ3v) is 6.12. The van der Waals surface area contributed by atoms with Crippen LogP contribution in [0, 0.1) is 0 Å². The van der Waals surface area contributed by atoms with Crippen LogP contribution in [-0.4, -0.2) is 32.8 Å². The summed E-state index contributed by atoms with van der Waals surface area (Å²) in [6.45, 7) is 3.72. The quantitative estimate of drug-likeness (QED) is 0.652. The number of anilines is 2. The minimum atomic E-state index is -3.62. The van der Waals surface area contributed by atoms with Crippen molar-refractivity contribution in [2.24, 2.45) is 5.14 Å². The van der Waals surface area contributed by atoms with Crippen LogP contribution in [0.2, 0.25) is 0 Å². The van der Waals surface area contributed by atoms with Gasteiger partial charge in [0.2, 0.25) is 15.9 Å². The molecule has 0 saturated carbocycles. The number of furan rings is 1. The number of primary sulfonamides is 1. The van der Waals surface area contributed by atoms with Crippen LogP contribution in [0.25, 0.3) is 11.1 Å². The highest BCUT2D eigenvalue weighted by atomic mass is 32.2. The van der Waals surface area contributed by atoms with Crippen molar-refractivity contribution in [2.75, 3.05) is 16.3 Å². The Kier molecular flexibility index (Phi) is 5.62. The molecule has 9 heteroatoms. The Morgan fingerprint density at radius 2 is 1.75 bits per heavy atom. The monoisotopic (exact) mass is 453 g/mol. The van der Waals surface area contributed by atoms with Gasteiger partial charge in [0.05, 0.1) is 29.4 Å². The number of hydrogen-bond acceptors (Lipinski definition) is 5. The van der Waals surface area contributed by atoms with Crippen molar-refractivity contribution in [3.8, 4) is 11.1 Å². The van der Waals surface area contributed by atoms with Crippen molar-refractivity contribution in [2.45, 2.75) is 25.6 Å². The fourth-order valence-corrected chi connectivity index (χ4v) is 4.69. The zero-order valence-corrected chi connectivity index (χ0v) is 18.5. The van der Waals surface area contributed by atoms with Gasteiger partial charge in [-0.05, 0) is 47.9 Å². The third kappa shape index (κ3) is 4.30. The first-order chi connectivity index (χ1) is 15.1. The molecule has 166 valence electrons. The molecule has 2 N–H and O–H groups in total. The van der Waals surface area contributed by atoms with Crippen LogP contribution in [-0.2, 0) is 20.6 Å². The first-order valence-corrected chi connectivity index (χ1v) is 11.7. The number of hydrogen-bond donors (Lipinski definition) is 1. The molecule has 1 unspecified atom stereocenters. The second-order valence-electron chi connectivity index (χ2n) is 7.84. The lowest BCUT2D eigenvalue weighted by atomic mass is 9.99. The van der Waals surface area contributed by atoms with E-state index in [1.165, 1.54) is 13.2 Å². The lowest BCUT2D eigenvalue weighted by Gasteiger charge is -2.40. The molecule has 2 amide bonds. The molecule has 0 bridgehead atoms. The predicted molar refractivity (Wildman–Crippen MR) is 122 cm³/mol. The summed E-state index contributed by atoms with van der Waals surface area (Å²) in [5.41, 5.74) is 3.49. The summed E-state index contributed by atoms with van der Waals surface area (Å²) < 4.78 is 28.0. The second-order valence-corrected chi connectivity index (χ2v) is 9.45. The summed E-state index contributed by atoms with van der Waals surface area (Å²) in [6, 6.07) is 15.6. The Bertz CT molecular complexity index is 1270. The van der Waals surface area contributed by atoms with E-state index in [0.29, 0.717) is 23.5 Å². The number of carbonyl (C=O) groups excluding carboxylic acids is 2. The maximum absolute atomic E-state index is 13.1. The van der Waals surface area contributed by atoms with Gasteiger partial charge in [0, 0.05) is 13.5 Å². The van der Waals surface area contributed by atoms with Gasteiger partial charge in [-0.3, -0.25) is 9.59 Å². The van der Waals surface area contributed by atoms with Crippen LogP contribution in [0.15, 0.2) is 65.3 Å². The average Bonchev–Trinajstić information content (AvgIpc) is 3.26. The lowest BCUT2D eigenvalue weighted by Crippen LogP contribution is -2.51. The Labute approximate surface area is 186 Å². The van der Waals surface area contributed by atoms with Gasteiger partial charge in [0.15, 0.2) is 5.76 Å². The molecule has 0 radical (unpaired) electrons. The summed E-state index contributed by atoms with van der Waals surface area (Å²) in [4.78, 5) is 28.8. The first kappa shape index (κ1) is 21.8. The summed E-state index contributed by atoms with van der Waals surface area (Å²) in [5.74, 6) is -0.415. The highest BCUT2D eigenvalue weighted by Crippen LogP contribution is 2.39. The van der Waals surface area contributed by atoms with Gasteiger partial charge in [-0.15, -0.1) is 0 Å². The molecular formula is C23H23N3O5S. The molecule has 3 aromatic rings. The molecule has 32 heavy (non-hydrogen) atoms. The Morgan fingerprint density at radius 3 is 2.34 bits per heavy atom. The molecule has 1 atom stereocenters. The highest BCUT2D eigenvalue weighted by molar-refractivity contribution is 7.88. The van der Waals surface area contributed by atoms with Crippen LogP contribution >= 0.6 is 0 Å². The van der Waals surface area contributed by atoms with Crippen LogP contribution < -0.4 is 14.9 Å². The van der Waals surface area contributed by atoms with Crippen molar-refractivity contribution in [1.29, 1.82) is 0 Å². The van der Waals surface area contributed by atoms with Crippen LogP contribution in [0.1, 0.15) is 30.0 Å². The van der Waals surface area contributed by atoms with Crippen molar-refractivity contribution in [1.82, 2.24) is 0 Å². The van der Waals surface area contributed by atoms with Gasteiger partial charge in [-0.1, -0.05) is 30.3 Å². The number of carbonyl (C=O) groups is 2. The Morgan fingerprint density at radius 1 is 1.06 bits per heavy atom. The molecule has 1 aliphatic heterocycles. The maximum Gasteiger partial charge on any atom is 0.294 e. The van der Waals surface area contributed by atoms with Crippen molar-refractivity contribution >= 4 is 33.2 Å². The van der Waals surface area contributed by atoms with Gasteiger partial charge in [0.1, 0.15) is 0 Å². The minimum Gasteiger partial charge on any atom is -0.459 e. The van der Waals surface area contributed by atoms with E-state index in [4.69, 9.17) is 9.56 Å². The molecule has 0 fully saturated rings. The number of rotatable bonds is 4. The molecule has 1 aliphatic rings.